The largest absolute Gasteiger partial charge is 0.281 e. The van der Waals surface area contributed by atoms with Gasteiger partial charge in [0.05, 0.1) is 6.42 Å². The number of nitrogens with zero attached hydrogens (tertiary/aromatic N) is 3. The highest BCUT2D eigenvalue weighted by atomic mass is 16.2. The molecule has 0 aliphatic carbocycles. The van der Waals surface area contributed by atoms with Gasteiger partial charge in [0.25, 0.3) is 11.8 Å². The molecule has 0 aromatic carbocycles. The molecule has 5 heteroatoms. The summed E-state index contributed by atoms with van der Waals surface area (Å²) in [5.74, 6) is -0.640. The third-order valence-corrected chi connectivity index (χ3v) is 2.49. The van der Waals surface area contributed by atoms with E-state index in [1.807, 2.05) is 6.92 Å². The maximum absolute atomic E-state index is 12.0. The van der Waals surface area contributed by atoms with E-state index >= 15 is 0 Å². The van der Waals surface area contributed by atoms with E-state index in [0.29, 0.717) is 5.56 Å². The summed E-state index contributed by atoms with van der Waals surface area (Å²) in [7, 11) is 0. The second-order valence-electron chi connectivity index (χ2n) is 3.84. The van der Waals surface area contributed by atoms with Gasteiger partial charge in [-0.1, -0.05) is 13.3 Å². The predicted octanol–water partition coefficient (Wildman–Crippen LogP) is 1.61. The zero-order valence-electron chi connectivity index (χ0n) is 9.59. The van der Waals surface area contributed by atoms with Gasteiger partial charge in [0.2, 0.25) is 0 Å². The molecule has 0 N–H and O–H groups in total. The van der Waals surface area contributed by atoms with Crippen LogP contribution in [0.1, 0.15) is 36.5 Å². The zero-order chi connectivity index (χ0) is 12.3. The molecule has 0 atom stereocenters. The van der Waals surface area contributed by atoms with Crippen LogP contribution in [-0.4, -0.2) is 27.5 Å². The van der Waals surface area contributed by atoms with Crippen LogP contribution in [0.25, 0.3) is 0 Å². The van der Waals surface area contributed by atoms with E-state index < -0.39 is 0 Å². The number of amides is 2. The fourth-order valence-electron chi connectivity index (χ4n) is 1.68. The average Bonchev–Trinajstić information content (AvgIpc) is 2.71. The molecule has 1 aliphatic heterocycles. The molecule has 0 bridgehead atoms. The molecule has 5 nitrogen and oxygen atoms in total. The van der Waals surface area contributed by atoms with Gasteiger partial charge in [0.1, 0.15) is 0 Å². The molecule has 2 heterocycles. The van der Waals surface area contributed by atoms with Crippen molar-refractivity contribution in [3.8, 4) is 0 Å². The molecule has 1 aliphatic rings. The lowest BCUT2D eigenvalue weighted by molar-refractivity contribution is -0.126. The highest BCUT2D eigenvalue weighted by Crippen LogP contribution is 2.15. The standard InChI is InChI=1S/C12H13N3O2/c1-2-3-10-8-11(16)15(14-10)12(17)9-4-6-13-7-5-9/h4-7H,2-3,8H2,1H3. The maximum Gasteiger partial charge on any atom is 0.281 e. The number of pyridine rings is 1. The molecule has 0 radical (unpaired) electrons. The minimum Gasteiger partial charge on any atom is -0.272 e. The van der Waals surface area contributed by atoms with Gasteiger partial charge >= 0.3 is 0 Å². The summed E-state index contributed by atoms with van der Waals surface area (Å²) in [4.78, 5) is 27.5. The summed E-state index contributed by atoms with van der Waals surface area (Å²) >= 11 is 0. The number of hydrogen-bond acceptors (Lipinski definition) is 4. The van der Waals surface area contributed by atoms with Crippen molar-refractivity contribution in [2.45, 2.75) is 26.2 Å². The Morgan fingerprint density at radius 2 is 2.12 bits per heavy atom. The van der Waals surface area contributed by atoms with Crippen molar-refractivity contribution in [2.75, 3.05) is 0 Å². The molecular formula is C12H13N3O2. The first-order chi connectivity index (χ1) is 8.22. The summed E-state index contributed by atoms with van der Waals surface area (Å²) in [5.41, 5.74) is 1.20. The van der Waals surface area contributed by atoms with Crippen LogP contribution in [0.4, 0.5) is 0 Å². The lowest BCUT2D eigenvalue weighted by Gasteiger charge is -2.08. The summed E-state index contributed by atoms with van der Waals surface area (Å²) in [5, 5.41) is 5.02. The number of carbonyl (C=O) groups excluding carboxylic acids is 2. The summed E-state index contributed by atoms with van der Waals surface area (Å²) in [6, 6.07) is 3.14. The highest BCUT2D eigenvalue weighted by Gasteiger charge is 2.29. The molecule has 17 heavy (non-hydrogen) atoms. The molecule has 1 aromatic rings. The topological polar surface area (TPSA) is 62.6 Å². The smallest absolute Gasteiger partial charge is 0.272 e. The first-order valence-corrected chi connectivity index (χ1v) is 5.56. The Balaban J connectivity index is 2.18. The molecule has 0 saturated heterocycles. The minimum absolute atomic E-state index is 0.254. The molecule has 0 fully saturated rings. The Morgan fingerprint density at radius 1 is 1.41 bits per heavy atom. The van der Waals surface area contributed by atoms with Gasteiger partial charge < -0.3 is 0 Å². The van der Waals surface area contributed by atoms with E-state index in [1.54, 1.807) is 12.1 Å². The molecule has 88 valence electrons. The molecule has 2 rings (SSSR count). The van der Waals surface area contributed by atoms with Crippen molar-refractivity contribution in [1.29, 1.82) is 0 Å². The Hall–Kier alpha value is -2.04. The van der Waals surface area contributed by atoms with Crippen molar-refractivity contribution in [3.63, 3.8) is 0 Å². The summed E-state index contributed by atoms with van der Waals surface area (Å²) in [6.45, 7) is 2.01. The highest BCUT2D eigenvalue weighted by molar-refractivity contribution is 6.14. The predicted molar refractivity (Wildman–Crippen MR) is 62.4 cm³/mol. The van der Waals surface area contributed by atoms with Gasteiger partial charge in [-0.25, -0.2) is 0 Å². The Morgan fingerprint density at radius 3 is 2.76 bits per heavy atom. The van der Waals surface area contributed by atoms with Crippen molar-refractivity contribution < 1.29 is 9.59 Å². The molecule has 0 saturated carbocycles. The first-order valence-electron chi connectivity index (χ1n) is 5.56. The van der Waals surface area contributed by atoms with Crippen molar-refractivity contribution in [2.24, 2.45) is 5.10 Å². The maximum atomic E-state index is 12.0. The van der Waals surface area contributed by atoms with Crippen LogP contribution in [0.5, 0.6) is 0 Å². The second-order valence-corrected chi connectivity index (χ2v) is 3.84. The fourth-order valence-corrected chi connectivity index (χ4v) is 1.68. The Bertz CT molecular complexity index is 468. The van der Waals surface area contributed by atoms with Crippen molar-refractivity contribution in [3.05, 3.63) is 30.1 Å². The lowest BCUT2D eigenvalue weighted by atomic mass is 10.2. The molecular weight excluding hydrogens is 218 g/mol. The first kappa shape index (κ1) is 11.4. The van der Waals surface area contributed by atoms with E-state index in [4.69, 9.17) is 0 Å². The van der Waals surface area contributed by atoms with Gasteiger partial charge in [-0.3, -0.25) is 14.6 Å². The van der Waals surface area contributed by atoms with Gasteiger partial charge in [-0.2, -0.15) is 10.1 Å². The van der Waals surface area contributed by atoms with Crippen LogP contribution < -0.4 is 0 Å². The second kappa shape index (κ2) is 4.86. The van der Waals surface area contributed by atoms with E-state index in [-0.39, 0.29) is 18.2 Å². The molecule has 0 unspecified atom stereocenters. The van der Waals surface area contributed by atoms with Crippen LogP contribution in [0.3, 0.4) is 0 Å². The number of imide groups is 1. The van der Waals surface area contributed by atoms with E-state index in [2.05, 4.69) is 10.1 Å². The SMILES string of the molecule is CCCC1=NN(C(=O)c2ccncc2)C(=O)C1. The van der Waals surface area contributed by atoms with Gasteiger partial charge in [-0.05, 0) is 18.6 Å². The van der Waals surface area contributed by atoms with Gasteiger partial charge in [-0.15, -0.1) is 0 Å². The molecule has 2 amide bonds. The van der Waals surface area contributed by atoms with Gasteiger partial charge in [0.15, 0.2) is 0 Å². The number of hydrogen-bond donors (Lipinski definition) is 0. The quantitative estimate of drug-likeness (QED) is 0.742. The number of hydrazone groups is 1. The van der Waals surface area contributed by atoms with Crippen molar-refractivity contribution >= 4 is 17.5 Å². The zero-order valence-corrected chi connectivity index (χ0v) is 9.59. The number of aromatic nitrogens is 1. The summed E-state index contributed by atoms with van der Waals surface area (Å²) < 4.78 is 0. The van der Waals surface area contributed by atoms with E-state index in [1.165, 1.54) is 12.4 Å². The third-order valence-electron chi connectivity index (χ3n) is 2.49. The normalized spacial score (nSPS) is 15.0. The lowest BCUT2D eigenvalue weighted by Crippen LogP contribution is -2.28. The number of carbonyl (C=O) groups is 2. The van der Waals surface area contributed by atoms with Crippen LogP contribution >= 0.6 is 0 Å². The molecule has 1 aromatic heterocycles. The molecule has 0 spiro atoms. The van der Waals surface area contributed by atoms with Crippen LogP contribution in [-0.2, 0) is 4.79 Å². The Labute approximate surface area is 99.1 Å². The minimum atomic E-state index is -0.386. The number of rotatable bonds is 3. The monoisotopic (exact) mass is 231 g/mol. The summed E-state index contributed by atoms with van der Waals surface area (Å²) in [6.07, 6.45) is 4.97. The van der Waals surface area contributed by atoms with E-state index in [0.717, 1.165) is 23.6 Å². The van der Waals surface area contributed by atoms with Crippen LogP contribution in [0.2, 0.25) is 0 Å². The third kappa shape index (κ3) is 2.38. The van der Waals surface area contributed by atoms with Crippen LogP contribution in [0.15, 0.2) is 29.6 Å². The van der Waals surface area contributed by atoms with Crippen molar-refractivity contribution in [1.82, 2.24) is 9.99 Å². The Kier molecular flexibility index (Phi) is 3.27. The van der Waals surface area contributed by atoms with E-state index in [9.17, 15) is 9.59 Å². The fraction of sp³-hybridized carbons (Fsp3) is 0.333. The average molecular weight is 231 g/mol. The van der Waals surface area contributed by atoms with Gasteiger partial charge in [0, 0.05) is 23.7 Å². The van der Waals surface area contributed by atoms with Crippen LogP contribution in [0, 0.1) is 0 Å².